The van der Waals surface area contributed by atoms with Crippen molar-refractivity contribution in [2.45, 2.75) is 75.7 Å². The lowest BCUT2D eigenvalue weighted by atomic mass is 9.95. The standard InChI is InChI=1S/C21H22ClF3N2O3/c22-17-5-1-12(9-16(17)21(23,24)25)2-6-18(28)26-13-3-4-14(26)11-15(10-13)27-19(29)7-8-20(27)30/h1,5,9,13-15H,2-4,6-8,10-11H2. The maximum atomic E-state index is 13.0. The number of hydrogen-bond acceptors (Lipinski definition) is 3. The zero-order valence-electron chi connectivity index (χ0n) is 16.3. The first kappa shape index (κ1) is 21.2. The van der Waals surface area contributed by atoms with Crippen molar-refractivity contribution >= 4 is 29.3 Å². The predicted molar refractivity (Wildman–Crippen MR) is 103 cm³/mol. The molecule has 0 spiro atoms. The number of rotatable bonds is 4. The van der Waals surface area contributed by atoms with Crippen molar-refractivity contribution in [1.29, 1.82) is 0 Å². The van der Waals surface area contributed by atoms with E-state index in [1.807, 2.05) is 4.90 Å². The quantitative estimate of drug-likeness (QED) is 0.663. The Kier molecular flexibility index (Phi) is 5.55. The van der Waals surface area contributed by atoms with E-state index in [-0.39, 0.29) is 66.6 Å². The average molecular weight is 443 g/mol. The Labute approximate surface area is 177 Å². The summed E-state index contributed by atoms with van der Waals surface area (Å²) in [6.07, 6.45) is -0.909. The van der Waals surface area contributed by atoms with Crippen LogP contribution in [0.15, 0.2) is 18.2 Å². The second-order valence-electron chi connectivity index (χ2n) is 8.28. The van der Waals surface area contributed by atoms with Crippen LogP contribution in [0.25, 0.3) is 0 Å². The van der Waals surface area contributed by atoms with Gasteiger partial charge in [0.05, 0.1) is 10.6 Å². The van der Waals surface area contributed by atoms with E-state index in [9.17, 15) is 27.6 Å². The largest absolute Gasteiger partial charge is 0.417 e. The SMILES string of the molecule is O=C1CCC(=O)N1C1CC2CCC(C1)N2C(=O)CCc1ccc(Cl)c(C(F)(F)F)c1. The first-order chi connectivity index (χ1) is 14.1. The van der Waals surface area contributed by atoms with Crippen LogP contribution in [0.4, 0.5) is 13.2 Å². The zero-order chi connectivity index (χ0) is 21.6. The smallest absolute Gasteiger partial charge is 0.337 e. The fourth-order valence-electron chi connectivity index (χ4n) is 5.09. The minimum Gasteiger partial charge on any atom is -0.337 e. The van der Waals surface area contributed by atoms with Crippen LogP contribution in [-0.4, -0.2) is 45.6 Å². The molecule has 3 aliphatic heterocycles. The second-order valence-corrected chi connectivity index (χ2v) is 8.69. The number of carbonyl (C=O) groups is 3. The van der Waals surface area contributed by atoms with E-state index in [0.717, 1.165) is 18.9 Å². The van der Waals surface area contributed by atoms with Gasteiger partial charge in [0.25, 0.3) is 0 Å². The van der Waals surface area contributed by atoms with E-state index in [2.05, 4.69) is 0 Å². The van der Waals surface area contributed by atoms with Gasteiger partial charge in [-0.25, -0.2) is 0 Å². The highest BCUT2D eigenvalue weighted by Gasteiger charge is 2.47. The number of halogens is 4. The van der Waals surface area contributed by atoms with Gasteiger partial charge in [0.2, 0.25) is 17.7 Å². The number of piperidine rings is 1. The molecular weight excluding hydrogens is 421 g/mol. The van der Waals surface area contributed by atoms with Crippen LogP contribution in [0.2, 0.25) is 5.02 Å². The van der Waals surface area contributed by atoms with Crippen molar-refractivity contribution in [3.8, 4) is 0 Å². The average Bonchev–Trinajstić information content (AvgIpc) is 3.15. The Morgan fingerprint density at radius 1 is 1.03 bits per heavy atom. The molecule has 0 aliphatic carbocycles. The molecular formula is C21H22ClF3N2O3. The third-order valence-electron chi connectivity index (χ3n) is 6.42. The van der Waals surface area contributed by atoms with Gasteiger partial charge in [-0.3, -0.25) is 19.3 Å². The van der Waals surface area contributed by atoms with E-state index in [0.29, 0.717) is 18.4 Å². The molecule has 162 valence electrons. The van der Waals surface area contributed by atoms with E-state index in [4.69, 9.17) is 11.6 Å². The van der Waals surface area contributed by atoms with Crippen LogP contribution < -0.4 is 0 Å². The third kappa shape index (κ3) is 3.94. The minimum atomic E-state index is -4.54. The highest BCUT2D eigenvalue weighted by atomic mass is 35.5. The first-order valence-electron chi connectivity index (χ1n) is 10.2. The van der Waals surface area contributed by atoms with Gasteiger partial charge in [-0.15, -0.1) is 0 Å². The normalized spacial score (nSPS) is 26.6. The van der Waals surface area contributed by atoms with Crippen LogP contribution in [0, 0.1) is 0 Å². The number of imide groups is 1. The highest BCUT2D eigenvalue weighted by molar-refractivity contribution is 6.31. The molecule has 4 rings (SSSR count). The summed E-state index contributed by atoms with van der Waals surface area (Å²) in [5.41, 5.74) is -0.481. The van der Waals surface area contributed by atoms with Gasteiger partial charge in [-0.2, -0.15) is 13.2 Å². The predicted octanol–water partition coefficient (Wildman–Crippen LogP) is 3.96. The molecule has 0 N–H and O–H groups in total. The summed E-state index contributed by atoms with van der Waals surface area (Å²) in [5.74, 6) is -0.358. The molecule has 30 heavy (non-hydrogen) atoms. The summed E-state index contributed by atoms with van der Waals surface area (Å²) >= 11 is 5.65. The maximum absolute atomic E-state index is 13.0. The number of hydrogen-bond donors (Lipinski definition) is 0. The number of fused-ring (bicyclic) bond motifs is 2. The zero-order valence-corrected chi connectivity index (χ0v) is 17.0. The van der Waals surface area contributed by atoms with Crippen LogP contribution in [0.5, 0.6) is 0 Å². The monoisotopic (exact) mass is 442 g/mol. The molecule has 3 saturated heterocycles. The number of amides is 3. The molecule has 2 atom stereocenters. The Bertz CT molecular complexity index is 859. The first-order valence-corrected chi connectivity index (χ1v) is 10.5. The molecule has 9 heteroatoms. The number of likely N-dealkylation sites (tertiary alicyclic amines) is 1. The van der Waals surface area contributed by atoms with Crippen molar-refractivity contribution in [3.05, 3.63) is 34.3 Å². The summed E-state index contributed by atoms with van der Waals surface area (Å²) < 4.78 is 39.1. The van der Waals surface area contributed by atoms with Crippen LogP contribution in [0.3, 0.4) is 0 Å². The summed E-state index contributed by atoms with van der Waals surface area (Å²) in [4.78, 5) is 40.2. The van der Waals surface area contributed by atoms with Gasteiger partial charge in [0.15, 0.2) is 0 Å². The van der Waals surface area contributed by atoms with Crippen molar-refractivity contribution < 1.29 is 27.6 Å². The van der Waals surface area contributed by atoms with Gasteiger partial charge in [0.1, 0.15) is 0 Å². The number of benzene rings is 1. The van der Waals surface area contributed by atoms with E-state index < -0.39 is 11.7 Å². The number of aryl methyl sites for hydroxylation is 1. The van der Waals surface area contributed by atoms with E-state index in [1.54, 1.807) is 0 Å². The highest BCUT2D eigenvalue weighted by Crippen LogP contribution is 2.40. The lowest BCUT2D eigenvalue weighted by Gasteiger charge is -2.41. The number of carbonyl (C=O) groups excluding carboxylic acids is 3. The summed E-state index contributed by atoms with van der Waals surface area (Å²) in [6.45, 7) is 0. The summed E-state index contributed by atoms with van der Waals surface area (Å²) in [7, 11) is 0. The molecule has 3 amide bonds. The van der Waals surface area contributed by atoms with Crippen LogP contribution >= 0.6 is 11.6 Å². The Morgan fingerprint density at radius 2 is 1.63 bits per heavy atom. The molecule has 1 aromatic carbocycles. The van der Waals surface area contributed by atoms with Gasteiger partial charge < -0.3 is 4.90 Å². The molecule has 0 aromatic heterocycles. The lowest BCUT2D eigenvalue weighted by molar-refractivity contribution is -0.144. The molecule has 3 heterocycles. The summed E-state index contributed by atoms with van der Waals surface area (Å²) in [5, 5.41) is -0.358. The molecule has 1 aromatic rings. The van der Waals surface area contributed by atoms with Crippen LogP contribution in [-0.2, 0) is 27.0 Å². The minimum absolute atomic E-state index is 0.0293. The molecule has 3 aliphatic rings. The van der Waals surface area contributed by atoms with Gasteiger partial charge >= 0.3 is 6.18 Å². The summed E-state index contributed by atoms with van der Waals surface area (Å²) in [6, 6.07) is 3.51. The van der Waals surface area contributed by atoms with Gasteiger partial charge in [-0.1, -0.05) is 17.7 Å². The van der Waals surface area contributed by atoms with E-state index >= 15 is 0 Å². The molecule has 5 nitrogen and oxygen atoms in total. The van der Waals surface area contributed by atoms with Crippen molar-refractivity contribution in [2.75, 3.05) is 0 Å². The fraction of sp³-hybridized carbons (Fsp3) is 0.571. The maximum Gasteiger partial charge on any atom is 0.417 e. The third-order valence-corrected chi connectivity index (χ3v) is 6.74. The van der Waals surface area contributed by atoms with Crippen molar-refractivity contribution in [3.63, 3.8) is 0 Å². The van der Waals surface area contributed by atoms with Gasteiger partial charge in [-0.05, 0) is 49.8 Å². The van der Waals surface area contributed by atoms with E-state index in [1.165, 1.54) is 17.0 Å². The van der Waals surface area contributed by atoms with Crippen molar-refractivity contribution in [1.82, 2.24) is 9.80 Å². The molecule has 3 fully saturated rings. The lowest BCUT2D eigenvalue weighted by Crippen LogP contribution is -2.53. The Balaban J connectivity index is 1.40. The fourth-order valence-corrected chi connectivity index (χ4v) is 5.32. The molecule has 2 bridgehead atoms. The molecule has 2 unspecified atom stereocenters. The number of alkyl halides is 3. The molecule has 0 radical (unpaired) electrons. The second kappa shape index (κ2) is 7.87. The van der Waals surface area contributed by atoms with Gasteiger partial charge in [0, 0.05) is 37.4 Å². The Morgan fingerprint density at radius 3 is 2.20 bits per heavy atom. The van der Waals surface area contributed by atoms with Crippen molar-refractivity contribution in [2.24, 2.45) is 0 Å². The topological polar surface area (TPSA) is 57.7 Å². The molecule has 0 saturated carbocycles. The van der Waals surface area contributed by atoms with Crippen LogP contribution in [0.1, 0.15) is 56.1 Å². The number of nitrogens with zero attached hydrogens (tertiary/aromatic N) is 2. The Hall–Kier alpha value is -2.09.